The van der Waals surface area contributed by atoms with Crippen molar-refractivity contribution in [1.82, 2.24) is 10.2 Å². The summed E-state index contributed by atoms with van der Waals surface area (Å²) in [4.78, 5) is 36.0. The van der Waals surface area contributed by atoms with Crippen molar-refractivity contribution < 1.29 is 14.5 Å². The number of piperidine rings is 1. The molecule has 0 radical (unpaired) electrons. The molecular formula is C14H23N3O4. The molecule has 1 heterocycles. The molecule has 1 saturated carbocycles. The molecule has 1 aliphatic heterocycles. The molecule has 21 heavy (non-hydrogen) atoms. The van der Waals surface area contributed by atoms with Gasteiger partial charge < -0.3 is 10.2 Å². The van der Waals surface area contributed by atoms with Crippen molar-refractivity contribution in [3.63, 3.8) is 0 Å². The van der Waals surface area contributed by atoms with Crippen molar-refractivity contribution >= 4 is 11.8 Å². The molecule has 1 aliphatic carbocycles. The normalized spacial score (nSPS) is 26.3. The molecule has 118 valence electrons. The largest absolute Gasteiger partial charge is 0.353 e. The van der Waals surface area contributed by atoms with E-state index in [1.54, 1.807) is 0 Å². The zero-order chi connectivity index (χ0) is 15.8. The van der Waals surface area contributed by atoms with E-state index in [0.29, 0.717) is 32.4 Å². The van der Waals surface area contributed by atoms with E-state index in [1.807, 2.05) is 25.7 Å². The van der Waals surface area contributed by atoms with Gasteiger partial charge in [-0.25, -0.2) is 0 Å². The van der Waals surface area contributed by atoms with Crippen LogP contribution in [0.15, 0.2) is 0 Å². The molecule has 1 N–H and O–H groups in total. The number of rotatable bonds is 3. The first-order chi connectivity index (χ1) is 9.70. The summed E-state index contributed by atoms with van der Waals surface area (Å²) in [5, 5.41) is 13.4. The van der Waals surface area contributed by atoms with E-state index in [1.165, 1.54) is 0 Å². The number of carbonyl (C=O) groups is 2. The highest BCUT2D eigenvalue weighted by Crippen LogP contribution is 2.33. The van der Waals surface area contributed by atoms with E-state index in [9.17, 15) is 19.7 Å². The Morgan fingerprint density at radius 3 is 2.24 bits per heavy atom. The van der Waals surface area contributed by atoms with Crippen LogP contribution in [-0.2, 0) is 9.59 Å². The number of hydrogen-bond acceptors (Lipinski definition) is 4. The topological polar surface area (TPSA) is 92.6 Å². The minimum absolute atomic E-state index is 0.0227. The Labute approximate surface area is 124 Å². The lowest BCUT2D eigenvalue weighted by molar-refractivity contribution is -0.497. The van der Waals surface area contributed by atoms with Gasteiger partial charge >= 0.3 is 0 Å². The molecule has 0 aromatic rings. The van der Waals surface area contributed by atoms with Crippen molar-refractivity contribution in [2.75, 3.05) is 13.1 Å². The summed E-state index contributed by atoms with van der Waals surface area (Å²) in [6, 6.07) is -0.679. The molecule has 0 unspecified atom stereocenters. The Bertz CT molecular complexity index is 450. The standard InChI is InChI=1S/C14H23N3O4/c1-14(2,3)13(19)16-6-4-9(5-7-16)15-12(18)10-8-11(10)17(20)21/h9-11H,4-8H2,1-3H3,(H,15,18)/t10-,11+/m0/s1. The zero-order valence-corrected chi connectivity index (χ0v) is 12.8. The number of nitro groups is 1. The molecule has 0 aromatic heterocycles. The van der Waals surface area contributed by atoms with Crippen LogP contribution in [0.1, 0.15) is 40.0 Å². The van der Waals surface area contributed by atoms with E-state index >= 15 is 0 Å². The molecule has 2 aliphatic rings. The van der Waals surface area contributed by atoms with E-state index in [4.69, 9.17) is 0 Å². The van der Waals surface area contributed by atoms with Gasteiger partial charge in [-0.05, 0) is 12.8 Å². The Kier molecular flexibility index (Phi) is 4.20. The predicted octanol–water partition coefficient (Wildman–Crippen LogP) is 0.805. The van der Waals surface area contributed by atoms with Crippen LogP contribution in [0.3, 0.4) is 0 Å². The quantitative estimate of drug-likeness (QED) is 0.616. The van der Waals surface area contributed by atoms with Gasteiger partial charge in [-0.15, -0.1) is 0 Å². The monoisotopic (exact) mass is 297 g/mol. The Morgan fingerprint density at radius 2 is 1.81 bits per heavy atom. The van der Waals surface area contributed by atoms with Crippen LogP contribution >= 0.6 is 0 Å². The summed E-state index contributed by atoms with van der Waals surface area (Å²) in [5.74, 6) is -0.547. The van der Waals surface area contributed by atoms with E-state index in [0.717, 1.165) is 0 Å². The van der Waals surface area contributed by atoms with Crippen molar-refractivity contribution in [3.8, 4) is 0 Å². The molecule has 0 bridgehead atoms. The summed E-state index contributed by atoms with van der Waals surface area (Å²) >= 11 is 0. The fraction of sp³-hybridized carbons (Fsp3) is 0.857. The maximum Gasteiger partial charge on any atom is 0.230 e. The zero-order valence-electron chi connectivity index (χ0n) is 12.8. The Balaban J connectivity index is 1.76. The SMILES string of the molecule is CC(C)(C)C(=O)N1CCC(NC(=O)[C@H]2C[C@H]2[N+](=O)[O-])CC1. The van der Waals surface area contributed by atoms with Crippen molar-refractivity contribution in [2.45, 2.75) is 52.1 Å². The van der Waals surface area contributed by atoms with Crippen molar-refractivity contribution in [2.24, 2.45) is 11.3 Å². The lowest BCUT2D eigenvalue weighted by atomic mass is 9.93. The fourth-order valence-corrected chi connectivity index (χ4v) is 2.71. The molecule has 0 aromatic carbocycles. The van der Waals surface area contributed by atoms with Gasteiger partial charge in [0.25, 0.3) is 0 Å². The second kappa shape index (κ2) is 5.61. The van der Waals surface area contributed by atoms with Crippen LogP contribution in [0, 0.1) is 21.4 Å². The molecular weight excluding hydrogens is 274 g/mol. The maximum absolute atomic E-state index is 12.1. The molecule has 0 spiro atoms. The number of likely N-dealkylation sites (tertiary alicyclic amines) is 1. The average molecular weight is 297 g/mol. The van der Waals surface area contributed by atoms with Crippen LogP contribution in [0.2, 0.25) is 0 Å². The first kappa shape index (κ1) is 15.7. The molecule has 2 amide bonds. The molecule has 2 fully saturated rings. The molecule has 7 nitrogen and oxygen atoms in total. The van der Waals surface area contributed by atoms with Crippen molar-refractivity contribution in [1.29, 1.82) is 0 Å². The first-order valence-electron chi connectivity index (χ1n) is 7.43. The summed E-state index contributed by atoms with van der Waals surface area (Å²) in [6.45, 7) is 6.95. The lowest BCUT2D eigenvalue weighted by Crippen LogP contribution is -2.49. The maximum atomic E-state index is 12.1. The van der Waals surface area contributed by atoms with Crippen LogP contribution < -0.4 is 5.32 Å². The summed E-state index contributed by atoms with van der Waals surface area (Å²) in [6.07, 6.45) is 1.77. The van der Waals surface area contributed by atoms with Gasteiger partial charge in [0.2, 0.25) is 17.9 Å². The van der Waals surface area contributed by atoms with Crippen LogP contribution in [-0.4, -0.2) is 46.8 Å². The predicted molar refractivity (Wildman–Crippen MR) is 76.1 cm³/mol. The Morgan fingerprint density at radius 1 is 1.24 bits per heavy atom. The van der Waals surface area contributed by atoms with Gasteiger partial charge in [-0.1, -0.05) is 20.8 Å². The second-order valence-corrected chi connectivity index (χ2v) is 7.02. The third kappa shape index (κ3) is 3.71. The highest BCUT2D eigenvalue weighted by Gasteiger charge is 2.53. The van der Waals surface area contributed by atoms with Gasteiger partial charge in [0.15, 0.2) is 0 Å². The highest BCUT2D eigenvalue weighted by atomic mass is 16.6. The van der Waals surface area contributed by atoms with Gasteiger partial charge in [0.05, 0.1) is 0 Å². The Hall–Kier alpha value is -1.66. The third-order valence-electron chi connectivity index (χ3n) is 4.13. The number of nitrogens with zero attached hydrogens (tertiary/aromatic N) is 2. The lowest BCUT2D eigenvalue weighted by Gasteiger charge is -2.36. The number of carbonyl (C=O) groups excluding carboxylic acids is 2. The van der Waals surface area contributed by atoms with E-state index in [2.05, 4.69) is 5.32 Å². The highest BCUT2D eigenvalue weighted by molar-refractivity contribution is 5.83. The first-order valence-corrected chi connectivity index (χ1v) is 7.43. The molecule has 1 saturated heterocycles. The summed E-state index contributed by atoms with van der Waals surface area (Å²) < 4.78 is 0. The summed E-state index contributed by atoms with van der Waals surface area (Å²) in [7, 11) is 0. The van der Waals surface area contributed by atoms with Gasteiger partial charge in [-0.3, -0.25) is 19.7 Å². The molecule has 7 heteroatoms. The molecule has 2 atom stereocenters. The van der Waals surface area contributed by atoms with E-state index < -0.39 is 12.0 Å². The number of amides is 2. The molecule has 2 rings (SSSR count). The minimum atomic E-state index is -0.701. The summed E-state index contributed by atoms with van der Waals surface area (Å²) in [5.41, 5.74) is -0.386. The van der Waals surface area contributed by atoms with Crippen LogP contribution in [0.5, 0.6) is 0 Å². The average Bonchev–Trinajstić information content (AvgIpc) is 3.18. The minimum Gasteiger partial charge on any atom is -0.353 e. The van der Waals surface area contributed by atoms with Crippen LogP contribution in [0.4, 0.5) is 0 Å². The van der Waals surface area contributed by atoms with Gasteiger partial charge in [0.1, 0.15) is 5.92 Å². The van der Waals surface area contributed by atoms with Crippen LogP contribution in [0.25, 0.3) is 0 Å². The van der Waals surface area contributed by atoms with Gasteiger partial charge in [0, 0.05) is 35.9 Å². The van der Waals surface area contributed by atoms with Crippen molar-refractivity contribution in [3.05, 3.63) is 10.1 Å². The smallest absolute Gasteiger partial charge is 0.230 e. The fourth-order valence-electron chi connectivity index (χ4n) is 2.71. The third-order valence-corrected chi connectivity index (χ3v) is 4.13. The van der Waals surface area contributed by atoms with Gasteiger partial charge in [-0.2, -0.15) is 0 Å². The number of hydrogen-bond donors (Lipinski definition) is 1. The second-order valence-electron chi connectivity index (χ2n) is 7.02. The number of nitrogens with one attached hydrogen (secondary N) is 1. The van der Waals surface area contributed by atoms with E-state index in [-0.39, 0.29) is 28.2 Å².